The summed E-state index contributed by atoms with van der Waals surface area (Å²) in [6.45, 7) is 0. The van der Waals surface area contributed by atoms with E-state index < -0.39 is 0 Å². The summed E-state index contributed by atoms with van der Waals surface area (Å²) in [4.78, 5) is 14.0. The number of nitrogens with zero attached hydrogens (tertiary/aromatic N) is 3. The van der Waals surface area contributed by atoms with E-state index in [1.165, 1.54) is 40.6 Å². The van der Waals surface area contributed by atoms with Crippen LogP contribution in [0.1, 0.15) is 59.6 Å². The fourth-order valence-corrected chi connectivity index (χ4v) is 5.60. The van der Waals surface area contributed by atoms with Gasteiger partial charge in [0, 0.05) is 17.3 Å². The van der Waals surface area contributed by atoms with Crippen molar-refractivity contribution in [2.24, 2.45) is 0 Å². The second-order valence-corrected chi connectivity index (χ2v) is 9.73. The molecule has 0 spiro atoms. The Morgan fingerprint density at radius 2 is 2.07 bits per heavy atom. The number of aromatic nitrogens is 3. The molecular formula is C22H24N4OS2. The molecule has 1 N–H and O–H groups in total. The molecule has 5 nitrogen and oxygen atoms in total. The third-order valence-corrected chi connectivity index (χ3v) is 7.42. The molecule has 1 fully saturated rings. The number of fused-ring (bicyclic) bond motifs is 1. The third-order valence-electron chi connectivity index (χ3n) is 5.60. The number of amides is 1. The molecule has 1 atom stereocenters. The molecule has 2 aliphatic carbocycles. The van der Waals surface area contributed by atoms with E-state index in [1.54, 1.807) is 11.3 Å². The first-order chi connectivity index (χ1) is 14.3. The van der Waals surface area contributed by atoms with E-state index in [4.69, 9.17) is 0 Å². The van der Waals surface area contributed by atoms with E-state index in [9.17, 15) is 4.79 Å². The van der Waals surface area contributed by atoms with Gasteiger partial charge in [-0.15, -0.1) is 21.5 Å². The topological polar surface area (TPSA) is 59.8 Å². The fraction of sp³-hybridized carbons (Fsp3) is 0.409. The molecule has 0 radical (unpaired) electrons. The molecule has 0 aliphatic heterocycles. The molecule has 2 aliphatic rings. The summed E-state index contributed by atoms with van der Waals surface area (Å²) < 4.78 is 2.26. The number of thioether (sulfide) groups is 1. The van der Waals surface area contributed by atoms with Crippen molar-refractivity contribution in [2.45, 2.75) is 55.8 Å². The van der Waals surface area contributed by atoms with Crippen LogP contribution in [-0.2, 0) is 17.6 Å². The monoisotopic (exact) mass is 424 g/mol. The lowest BCUT2D eigenvalue weighted by Crippen LogP contribution is -2.32. The van der Waals surface area contributed by atoms with Gasteiger partial charge in [-0.1, -0.05) is 42.1 Å². The number of benzene rings is 1. The Morgan fingerprint density at radius 3 is 2.90 bits per heavy atom. The van der Waals surface area contributed by atoms with Crippen molar-refractivity contribution in [2.75, 3.05) is 5.75 Å². The van der Waals surface area contributed by atoms with E-state index in [0.29, 0.717) is 11.8 Å². The van der Waals surface area contributed by atoms with E-state index in [2.05, 4.69) is 61.9 Å². The predicted octanol–water partition coefficient (Wildman–Crippen LogP) is 4.55. The van der Waals surface area contributed by atoms with Crippen LogP contribution in [0, 0.1) is 0 Å². The largest absolute Gasteiger partial charge is 0.349 e. The van der Waals surface area contributed by atoms with Gasteiger partial charge in [0.1, 0.15) is 5.82 Å². The van der Waals surface area contributed by atoms with E-state index in [-0.39, 0.29) is 11.9 Å². The van der Waals surface area contributed by atoms with E-state index in [0.717, 1.165) is 36.7 Å². The zero-order chi connectivity index (χ0) is 19.6. The fourth-order valence-electron chi connectivity index (χ4n) is 4.06. The lowest BCUT2D eigenvalue weighted by Gasteiger charge is -2.26. The highest BCUT2D eigenvalue weighted by Crippen LogP contribution is 2.39. The molecule has 1 aromatic carbocycles. The maximum Gasteiger partial charge on any atom is 0.230 e. The van der Waals surface area contributed by atoms with Gasteiger partial charge in [0.2, 0.25) is 5.91 Å². The van der Waals surface area contributed by atoms with Crippen molar-refractivity contribution in [3.05, 3.63) is 63.6 Å². The smallest absolute Gasteiger partial charge is 0.230 e. The first-order valence-corrected chi connectivity index (χ1v) is 12.1. The molecule has 0 saturated heterocycles. The molecule has 2 heterocycles. The quantitative estimate of drug-likeness (QED) is 0.565. The minimum Gasteiger partial charge on any atom is -0.349 e. The summed E-state index contributed by atoms with van der Waals surface area (Å²) in [5.74, 6) is 1.46. The Morgan fingerprint density at radius 1 is 1.17 bits per heavy atom. The van der Waals surface area contributed by atoms with E-state index >= 15 is 0 Å². The highest BCUT2D eigenvalue weighted by Gasteiger charge is 2.30. The van der Waals surface area contributed by atoms with Crippen LogP contribution in [-0.4, -0.2) is 26.4 Å². The van der Waals surface area contributed by atoms with Crippen LogP contribution in [0.15, 0.2) is 46.9 Å². The zero-order valence-corrected chi connectivity index (χ0v) is 17.8. The average molecular weight is 425 g/mol. The predicted molar refractivity (Wildman–Crippen MR) is 116 cm³/mol. The minimum atomic E-state index is 0.0712. The molecule has 7 heteroatoms. The van der Waals surface area contributed by atoms with Gasteiger partial charge in [0.15, 0.2) is 5.16 Å². The molecule has 3 aromatic rings. The molecule has 2 aromatic heterocycles. The second-order valence-electron chi connectivity index (χ2n) is 7.76. The summed E-state index contributed by atoms with van der Waals surface area (Å²) in [5, 5.41) is 15.1. The van der Waals surface area contributed by atoms with Crippen LogP contribution in [0.5, 0.6) is 0 Å². The van der Waals surface area contributed by atoms with Crippen LogP contribution in [0.3, 0.4) is 0 Å². The van der Waals surface area contributed by atoms with Gasteiger partial charge in [-0.05, 0) is 54.7 Å². The minimum absolute atomic E-state index is 0.0712. The van der Waals surface area contributed by atoms with Gasteiger partial charge in [0.25, 0.3) is 0 Å². The van der Waals surface area contributed by atoms with Crippen LogP contribution < -0.4 is 5.32 Å². The number of hydrogen-bond donors (Lipinski definition) is 1. The first-order valence-electron chi connectivity index (χ1n) is 10.2. The maximum absolute atomic E-state index is 12.7. The Hall–Kier alpha value is -2.12. The van der Waals surface area contributed by atoms with Crippen molar-refractivity contribution >= 4 is 29.0 Å². The summed E-state index contributed by atoms with van der Waals surface area (Å²) in [5.41, 5.74) is 2.64. The molecule has 150 valence electrons. The van der Waals surface area contributed by atoms with Crippen molar-refractivity contribution in [1.29, 1.82) is 0 Å². The molecule has 5 rings (SSSR count). The molecule has 1 amide bonds. The van der Waals surface area contributed by atoms with Crippen LogP contribution >= 0.6 is 23.1 Å². The number of carbonyl (C=O) groups excluding carboxylic acids is 1. The van der Waals surface area contributed by atoms with Gasteiger partial charge >= 0.3 is 0 Å². The first kappa shape index (κ1) is 18.9. The molecule has 0 unspecified atom stereocenters. The van der Waals surface area contributed by atoms with Gasteiger partial charge in [0.05, 0.1) is 11.8 Å². The van der Waals surface area contributed by atoms with E-state index in [1.807, 2.05) is 0 Å². The summed E-state index contributed by atoms with van der Waals surface area (Å²) in [6.07, 6.45) is 6.40. The average Bonchev–Trinajstić information content (AvgIpc) is 3.29. The lowest BCUT2D eigenvalue weighted by molar-refractivity contribution is -0.119. The number of hydrogen-bond acceptors (Lipinski definition) is 5. The van der Waals surface area contributed by atoms with Crippen molar-refractivity contribution in [1.82, 2.24) is 20.1 Å². The van der Waals surface area contributed by atoms with Gasteiger partial charge < -0.3 is 9.88 Å². The molecular weight excluding hydrogens is 400 g/mol. The van der Waals surface area contributed by atoms with Gasteiger partial charge in [-0.25, -0.2) is 0 Å². The molecule has 1 saturated carbocycles. The Bertz CT molecular complexity index is 994. The van der Waals surface area contributed by atoms with Crippen LogP contribution in [0.2, 0.25) is 0 Å². The number of thiophene rings is 1. The van der Waals surface area contributed by atoms with Crippen molar-refractivity contribution in [3.63, 3.8) is 0 Å². The summed E-state index contributed by atoms with van der Waals surface area (Å²) >= 11 is 3.26. The maximum atomic E-state index is 12.7. The van der Waals surface area contributed by atoms with Crippen LogP contribution in [0.4, 0.5) is 0 Å². The third kappa shape index (κ3) is 4.26. The number of carbonyl (C=O) groups is 1. The Labute approximate surface area is 178 Å². The van der Waals surface area contributed by atoms with Gasteiger partial charge in [-0.3, -0.25) is 4.79 Å². The summed E-state index contributed by atoms with van der Waals surface area (Å²) in [7, 11) is 0. The standard InChI is InChI=1S/C22H24N4OS2/c27-21(23-19-9-3-6-15-5-1-2-8-18(15)19)14-29-22-25-24-20(26(22)16-10-11-16)13-17-7-4-12-28-17/h1-2,4-5,7-8,12,16,19H,3,6,9-11,13-14H2,(H,23,27)/t19-/m0/s1. The SMILES string of the molecule is O=C(CSc1nnc(Cc2cccs2)n1C1CC1)N[C@H]1CCCc2ccccc21. The molecule has 0 bridgehead atoms. The highest BCUT2D eigenvalue weighted by molar-refractivity contribution is 7.99. The second kappa shape index (κ2) is 8.32. The highest BCUT2D eigenvalue weighted by atomic mass is 32.2. The van der Waals surface area contributed by atoms with Gasteiger partial charge in [-0.2, -0.15) is 0 Å². The summed E-state index contributed by atoms with van der Waals surface area (Å²) in [6, 6.07) is 13.3. The zero-order valence-electron chi connectivity index (χ0n) is 16.2. The Kier molecular flexibility index (Phi) is 5.42. The Balaban J connectivity index is 1.24. The van der Waals surface area contributed by atoms with Crippen molar-refractivity contribution < 1.29 is 4.79 Å². The molecule has 29 heavy (non-hydrogen) atoms. The lowest BCUT2D eigenvalue weighted by atomic mass is 9.88. The number of aryl methyl sites for hydroxylation is 1. The number of rotatable bonds is 7. The normalized spacial score (nSPS) is 18.4. The number of nitrogens with one attached hydrogen (secondary N) is 1. The van der Waals surface area contributed by atoms with Crippen LogP contribution in [0.25, 0.3) is 0 Å². The van der Waals surface area contributed by atoms with Crippen molar-refractivity contribution in [3.8, 4) is 0 Å².